The molecular formula is C15H23BrN2O. The minimum Gasteiger partial charge on any atom is -0.507 e. The Morgan fingerprint density at radius 3 is 2.63 bits per heavy atom. The highest BCUT2D eigenvalue weighted by atomic mass is 79.9. The van der Waals surface area contributed by atoms with Gasteiger partial charge in [-0.25, -0.2) is 0 Å². The summed E-state index contributed by atoms with van der Waals surface area (Å²) in [5.41, 5.74) is 1.29. The van der Waals surface area contributed by atoms with E-state index in [4.69, 9.17) is 0 Å². The van der Waals surface area contributed by atoms with Gasteiger partial charge in [0.2, 0.25) is 0 Å². The van der Waals surface area contributed by atoms with Crippen molar-refractivity contribution in [3.8, 4) is 5.75 Å². The molecule has 0 amide bonds. The van der Waals surface area contributed by atoms with Crippen molar-refractivity contribution in [3.05, 3.63) is 28.2 Å². The fraction of sp³-hybridized carbons (Fsp3) is 0.600. The molecule has 1 aromatic rings. The molecule has 0 radical (unpaired) electrons. The van der Waals surface area contributed by atoms with Gasteiger partial charge in [0.05, 0.1) is 4.47 Å². The maximum Gasteiger partial charge on any atom is 0.129 e. The molecule has 4 heteroatoms. The van der Waals surface area contributed by atoms with Crippen LogP contribution in [0.15, 0.2) is 22.7 Å². The zero-order valence-electron chi connectivity index (χ0n) is 11.7. The molecule has 1 aromatic carbocycles. The van der Waals surface area contributed by atoms with Crippen LogP contribution in [0.1, 0.15) is 31.9 Å². The van der Waals surface area contributed by atoms with Crippen molar-refractivity contribution in [1.29, 1.82) is 0 Å². The van der Waals surface area contributed by atoms with E-state index in [9.17, 15) is 5.11 Å². The second-order valence-corrected chi connectivity index (χ2v) is 6.18. The van der Waals surface area contributed by atoms with Crippen LogP contribution < -0.4 is 5.32 Å². The molecule has 1 aliphatic rings. The topological polar surface area (TPSA) is 35.5 Å². The second-order valence-electron chi connectivity index (χ2n) is 5.33. The molecule has 106 valence electrons. The zero-order chi connectivity index (χ0) is 13.8. The van der Waals surface area contributed by atoms with Gasteiger partial charge in [0, 0.05) is 32.2 Å². The number of piperazine rings is 1. The molecule has 1 saturated heterocycles. The molecule has 0 spiro atoms. The first kappa shape index (κ1) is 14.8. The van der Waals surface area contributed by atoms with E-state index in [1.54, 1.807) is 6.07 Å². The summed E-state index contributed by atoms with van der Waals surface area (Å²) in [7, 11) is 0. The Morgan fingerprint density at radius 2 is 2.05 bits per heavy atom. The third-order valence-electron chi connectivity index (χ3n) is 4.04. The first-order valence-electron chi connectivity index (χ1n) is 7.06. The highest BCUT2D eigenvalue weighted by Crippen LogP contribution is 2.34. The molecule has 1 heterocycles. The molecule has 2 rings (SSSR count). The molecule has 1 aliphatic heterocycles. The van der Waals surface area contributed by atoms with Crippen LogP contribution in [0.5, 0.6) is 5.75 Å². The van der Waals surface area contributed by atoms with E-state index in [-0.39, 0.29) is 0 Å². The molecule has 1 fully saturated rings. The van der Waals surface area contributed by atoms with Crippen LogP contribution in [-0.2, 0) is 0 Å². The third kappa shape index (κ3) is 3.50. The smallest absolute Gasteiger partial charge is 0.129 e. The molecule has 2 N–H and O–H groups in total. The van der Waals surface area contributed by atoms with E-state index in [1.807, 2.05) is 0 Å². The largest absolute Gasteiger partial charge is 0.507 e. The normalized spacial score (nSPS) is 20.2. The van der Waals surface area contributed by atoms with Crippen molar-refractivity contribution in [3.63, 3.8) is 0 Å². The van der Waals surface area contributed by atoms with Crippen molar-refractivity contribution in [2.24, 2.45) is 5.92 Å². The van der Waals surface area contributed by atoms with Crippen LogP contribution in [0.3, 0.4) is 0 Å². The van der Waals surface area contributed by atoms with Crippen LogP contribution >= 0.6 is 15.9 Å². The summed E-state index contributed by atoms with van der Waals surface area (Å²) in [5.74, 6) is 0.918. The Balaban J connectivity index is 2.27. The highest BCUT2D eigenvalue weighted by Gasteiger charge is 2.26. The van der Waals surface area contributed by atoms with Crippen molar-refractivity contribution >= 4 is 15.9 Å². The lowest BCUT2D eigenvalue weighted by atomic mass is 9.90. The van der Waals surface area contributed by atoms with Gasteiger partial charge < -0.3 is 10.4 Å². The number of benzene rings is 1. The fourth-order valence-electron chi connectivity index (χ4n) is 2.79. The fourth-order valence-corrected chi connectivity index (χ4v) is 3.19. The summed E-state index contributed by atoms with van der Waals surface area (Å²) >= 11 is 3.43. The number of aromatic hydroxyl groups is 1. The van der Waals surface area contributed by atoms with Crippen LogP contribution in [0.25, 0.3) is 0 Å². The molecule has 1 unspecified atom stereocenters. The number of phenolic OH excluding ortho intramolecular Hbond substituents is 1. The number of halogens is 1. The van der Waals surface area contributed by atoms with Crippen molar-refractivity contribution in [1.82, 2.24) is 10.2 Å². The van der Waals surface area contributed by atoms with Gasteiger partial charge in [0.1, 0.15) is 5.75 Å². The van der Waals surface area contributed by atoms with Gasteiger partial charge in [0.15, 0.2) is 0 Å². The van der Waals surface area contributed by atoms with E-state index in [0.717, 1.165) is 37.1 Å². The summed E-state index contributed by atoms with van der Waals surface area (Å²) in [6.07, 6.45) is 1.16. The van der Waals surface area contributed by atoms with E-state index in [0.29, 0.717) is 17.7 Å². The number of phenols is 1. The van der Waals surface area contributed by atoms with Crippen molar-refractivity contribution < 1.29 is 5.11 Å². The molecule has 0 aromatic heterocycles. The maximum absolute atomic E-state index is 9.66. The first-order valence-corrected chi connectivity index (χ1v) is 7.86. The molecule has 2 atom stereocenters. The van der Waals surface area contributed by atoms with Gasteiger partial charge in [0.25, 0.3) is 0 Å². The van der Waals surface area contributed by atoms with Crippen LogP contribution in [0, 0.1) is 5.92 Å². The summed E-state index contributed by atoms with van der Waals surface area (Å²) < 4.78 is 0.786. The Hall–Kier alpha value is -0.580. The predicted octanol–water partition coefficient (Wildman–Crippen LogP) is 3.15. The lowest BCUT2D eigenvalue weighted by molar-refractivity contribution is 0.128. The number of nitrogens with zero attached hydrogens (tertiary/aromatic N) is 1. The average molecular weight is 327 g/mol. The second kappa shape index (κ2) is 6.73. The highest BCUT2D eigenvalue weighted by molar-refractivity contribution is 9.10. The minimum atomic E-state index is 0.312. The Morgan fingerprint density at radius 1 is 1.37 bits per heavy atom. The number of nitrogens with one attached hydrogen (secondary N) is 1. The van der Waals surface area contributed by atoms with E-state index in [2.05, 4.69) is 52.1 Å². The lowest BCUT2D eigenvalue weighted by Gasteiger charge is -2.38. The Bertz CT molecular complexity index is 419. The van der Waals surface area contributed by atoms with Gasteiger partial charge >= 0.3 is 0 Å². The number of rotatable bonds is 4. The van der Waals surface area contributed by atoms with Gasteiger partial charge in [-0.05, 0) is 39.5 Å². The quantitative estimate of drug-likeness (QED) is 0.892. The third-order valence-corrected chi connectivity index (χ3v) is 4.68. The van der Waals surface area contributed by atoms with Crippen molar-refractivity contribution in [2.45, 2.75) is 26.3 Å². The monoisotopic (exact) mass is 326 g/mol. The van der Waals surface area contributed by atoms with E-state index < -0.39 is 0 Å². The molecule has 0 aliphatic carbocycles. The van der Waals surface area contributed by atoms with E-state index in [1.165, 1.54) is 5.56 Å². The molecule has 19 heavy (non-hydrogen) atoms. The van der Waals surface area contributed by atoms with Gasteiger partial charge in [-0.2, -0.15) is 0 Å². The Kier molecular flexibility index (Phi) is 5.25. The zero-order valence-corrected chi connectivity index (χ0v) is 13.3. The molecular weight excluding hydrogens is 304 g/mol. The summed E-state index contributed by atoms with van der Waals surface area (Å²) in [5, 5.41) is 13.1. The van der Waals surface area contributed by atoms with Crippen LogP contribution in [-0.4, -0.2) is 36.2 Å². The predicted molar refractivity (Wildman–Crippen MR) is 82.4 cm³/mol. The minimum absolute atomic E-state index is 0.312. The number of hydrogen-bond donors (Lipinski definition) is 2. The molecule has 3 nitrogen and oxygen atoms in total. The van der Waals surface area contributed by atoms with Gasteiger partial charge in [-0.15, -0.1) is 0 Å². The summed E-state index contributed by atoms with van der Waals surface area (Å²) in [6.45, 7) is 8.86. The van der Waals surface area contributed by atoms with Crippen LogP contribution in [0.4, 0.5) is 0 Å². The first-order chi connectivity index (χ1) is 9.13. The standard InChI is InChI=1S/C15H23BrN2O/c1-3-11(2)15(18-8-6-17-7-9-18)12-4-5-14(19)13(16)10-12/h4-5,10-11,15,17,19H,3,6-9H2,1-2H3/t11?,15-/m0/s1. The molecule has 0 saturated carbocycles. The van der Waals surface area contributed by atoms with Gasteiger partial charge in [-0.1, -0.05) is 26.3 Å². The van der Waals surface area contributed by atoms with Gasteiger partial charge in [-0.3, -0.25) is 4.90 Å². The molecule has 0 bridgehead atoms. The van der Waals surface area contributed by atoms with E-state index >= 15 is 0 Å². The van der Waals surface area contributed by atoms with Crippen LogP contribution in [0.2, 0.25) is 0 Å². The summed E-state index contributed by atoms with van der Waals surface area (Å²) in [4.78, 5) is 2.56. The lowest BCUT2D eigenvalue weighted by Crippen LogP contribution is -2.46. The SMILES string of the molecule is CCC(C)[C@@H](c1ccc(O)c(Br)c1)N1CCNCC1. The summed E-state index contributed by atoms with van der Waals surface area (Å²) in [6, 6.07) is 6.34. The average Bonchev–Trinajstić information content (AvgIpc) is 2.44. The maximum atomic E-state index is 9.66. The Labute approximate surface area is 124 Å². The van der Waals surface area contributed by atoms with Crippen molar-refractivity contribution in [2.75, 3.05) is 26.2 Å². The number of hydrogen-bond acceptors (Lipinski definition) is 3.